The molecule has 3 aliphatic rings. The minimum Gasteiger partial charge on any atom is -0.380 e. The largest absolute Gasteiger partial charge is 0.380 e. The molecule has 2 heterocycles. The minimum atomic E-state index is -0.424. The maximum absolute atomic E-state index is 15.6. The zero-order valence-corrected chi connectivity index (χ0v) is 22.4. The number of hydrogen-bond acceptors (Lipinski definition) is 6. The van der Waals surface area contributed by atoms with E-state index in [4.69, 9.17) is 5.26 Å². The fraction of sp³-hybridized carbons (Fsp3) is 0.407. The molecule has 4 atom stereocenters. The van der Waals surface area contributed by atoms with E-state index in [0.717, 1.165) is 11.3 Å². The molecule has 1 N–H and O–H groups in total. The molecule has 0 spiro atoms. The summed E-state index contributed by atoms with van der Waals surface area (Å²) < 4.78 is 17.5. The van der Waals surface area contributed by atoms with Gasteiger partial charge in [0.2, 0.25) is 0 Å². The summed E-state index contributed by atoms with van der Waals surface area (Å²) in [6.07, 6.45) is 10.7. The average Bonchev–Trinajstić information content (AvgIpc) is 3.52. The Hall–Kier alpha value is -2.88. The first-order chi connectivity index (χ1) is 17.4. The van der Waals surface area contributed by atoms with Crippen LogP contribution in [0.3, 0.4) is 0 Å². The highest BCUT2D eigenvalue weighted by Crippen LogP contribution is 2.51. The first-order valence-electron chi connectivity index (χ1n) is 12.0. The van der Waals surface area contributed by atoms with Crippen LogP contribution in [0.5, 0.6) is 0 Å². The Bertz CT molecular complexity index is 1490. The average molecular weight is 567 g/mol. The molecule has 36 heavy (non-hydrogen) atoms. The first-order valence-corrected chi connectivity index (χ1v) is 14.0. The number of anilines is 1. The lowest BCUT2D eigenvalue weighted by molar-refractivity contribution is 0.263. The summed E-state index contributed by atoms with van der Waals surface area (Å²) >= 11 is 4.81. The van der Waals surface area contributed by atoms with Gasteiger partial charge in [0.05, 0.1) is 34.0 Å². The van der Waals surface area contributed by atoms with Gasteiger partial charge in [-0.2, -0.15) is 5.26 Å². The fourth-order valence-corrected chi connectivity index (χ4v) is 6.41. The maximum Gasteiger partial charge on any atom is 0.270 e. The van der Waals surface area contributed by atoms with Crippen LogP contribution in [0.2, 0.25) is 0 Å². The molecule has 9 heteroatoms. The molecule has 0 saturated heterocycles. The third kappa shape index (κ3) is 4.40. The molecule has 6 rings (SSSR count). The van der Waals surface area contributed by atoms with Crippen molar-refractivity contribution in [3.8, 4) is 17.9 Å². The number of rotatable bonds is 6. The molecule has 3 saturated carbocycles. The fourth-order valence-electron chi connectivity index (χ4n) is 5.37. The normalized spacial score (nSPS) is 20.8. The van der Waals surface area contributed by atoms with E-state index in [9.17, 15) is 4.79 Å². The van der Waals surface area contributed by atoms with Gasteiger partial charge in [-0.05, 0) is 78.3 Å². The van der Waals surface area contributed by atoms with Crippen molar-refractivity contribution in [2.75, 3.05) is 11.6 Å². The number of halogens is 2. The number of nitrogens with one attached hydrogen (secondary N) is 1. The van der Waals surface area contributed by atoms with E-state index in [1.807, 2.05) is 19.2 Å². The van der Waals surface area contributed by atoms with E-state index in [2.05, 4.69) is 49.1 Å². The topological polar surface area (TPSA) is 83.6 Å². The van der Waals surface area contributed by atoms with Crippen molar-refractivity contribution < 1.29 is 4.39 Å². The second kappa shape index (κ2) is 10.2. The van der Waals surface area contributed by atoms with Crippen molar-refractivity contribution >= 4 is 44.3 Å². The predicted molar refractivity (Wildman–Crippen MR) is 143 cm³/mol. The number of aromatic nitrogens is 3. The number of thioether (sulfide) groups is 1. The third-order valence-electron chi connectivity index (χ3n) is 7.32. The summed E-state index contributed by atoms with van der Waals surface area (Å²) in [5, 5.41) is 14.1. The Morgan fingerprint density at radius 2 is 2.17 bits per heavy atom. The monoisotopic (exact) mass is 565 g/mol. The van der Waals surface area contributed by atoms with Crippen LogP contribution >= 0.6 is 27.7 Å². The number of aryl methyl sites for hydroxylation is 1. The summed E-state index contributed by atoms with van der Waals surface area (Å²) in [4.78, 5) is 20.8. The van der Waals surface area contributed by atoms with Crippen LogP contribution in [0.4, 0.5) is 10.1 Å². The standard InChI is InChI=1S/C27H25BrFN5OS/c1-15(34-11-10-31-14-21(34)35)5-8-19-25(32-24-17-6-7-18(24)12-17)20-13-16(4-3-9-30)22(28)23(29)26(20)33-27(19)36-2/h10-11,13-15,17-18,24H,3-4,6-7,12H2,1-2H3,(H,32,33)/t15-,17-,18+,24-/m1/s1. The molecule has 0 aliphatic heterocycles. The lowest BCUT2D eigenvalue weighted by Crippen LogP contribution is -2.40. The first kappa shape index (κ1) is 24.8. The molecule has 0 unspecified atom stereocenters. The zero-order chi connectivity index (χ0) is 25.4. The van der Waals surface area contributed by atoms with Crippen LogP contribution in [-0.4, -0.2) is 26.8 Å². The smallest absolute Gasteiger partial charge is 0.270 e. The predicted octanol–water partition coefficient (Wildman–Crippen LogP) is 5.69. The number of hydrogen-bond donors (Lipinski definition) is 1. The Labute approximate surface area is 221 Å². The van der Waals surface area contributed by atoms with Crippen LogP contribution in [0.25, 0.3) is 10.9 Å². The van der Waals surface area contributed by atoms with Crippen LogP contribution in [0, 0.1) is 40.8 Å². The number of benzene rings is 1. The van der Waals surface area contributed by atoms with E-state index in [0.29, 0.717) is 51.2 Å². The highest BCUT2D eigenvalue weighted by atomic mass is 79.9. The van der Waals surface area contributed by atoms with Gasteiger partial charge in [-0.25, -0.2) is 9.37 Å². The molecular formula is C27H25BrFN5OS. The van der Waals surface area contributed by atoms with Crippen LogP contribution in [-0.2, 0) is 6.42 Å². The van der Waals surface area contributed by atoms with E-state index >= 15 is 4.39 Å². The summed E-state index contributed by atoms with van der Waals surface area (Å²) in [5.74, 6) is 7.30. The van der Waals surface area contributed by atoms with Crippen molar-refractivity contribution in [2.45, 2.75) is 56.1 Å². The molecule has 3 aliphatic carbocycles. The van der Waals surface area contributed by atoms with Gasteiger partial charge in [0.15, 0.2) is 5.82 Å². The Kier molecular flexibility index (Phi) is 7.05. The summed E-state index contributed by atoms with van der Waals surface area (Å²) in [6.45, 7) is 1.86. The van der Waals surface area contributed by atoms with Crippen molar-refractivity contribution in [3.63, 3.8) is 0 Å². The van der Waals surface area contributed by atoms with Gasteiger partial charge in [-0.15, -0.1) is 11.8 Å². The number of nitriles is 1. The van der Waals surface area contributed by atoms with Gasteiger partial charge in [0.1, 0.15) is 10.5 Å². The third-order valence-corrected chi connectivity index (χ3v) is 8.86. The van der Waals surface area contributed by atoms with Gasteiger partial charge >= 0.3 is 0 Å². The number of fused-ring (bicyclic) bond motifs is 2. The van der Waals surface area contributed by atoms with Crippen molar-refractivity contribution in [3.05, 3.63) is 56.4 Å². The van der Waals surface area contributed by atoms with Crippen molar-refractivity contribution in [1.29, 1.82) is 5.26 Å². The molecule has 1 aromatic carbocycles. The Morgan fingerprint density at radius 1 is 1.39 bits per heavy atom. The maximum atomic E-state index is 15.6. The number of pyridine rings is 1. The zero-order valence-electron chi connectivity index (χ0n) is 20.0. The Balaban J connectivity index is 1.69. The van der Waals surface area contributed by atoms with Crippen LogP contribution in [0.15, 0.2) is 39.0 Å². The van der Waals surface area contributed by atoms with Gasteiger partial charge in [0.25, 0.3) is 5.56 Å². The summed E-state index contributed by atoms with van der Waals surface area (Å²) in [5.41, 5.74) is 2.29. The second-order valence-corrected chi connectivity index (χ2v) is 10.9. The molecule has 2 bridgehead atoms. The minimum absolute atomic E-state index is 0.223. The lowest BCUT2D eigenvalue weighted by Gasteiger charge is -2.37. The summed E-state index contributed by atoms with van der Waals surface area (Å²) in [6, 6.07) is 4.03. The van der Waals surface area contributed by atoms with Gasteiger partial charge in [0, 0.05) is 30.2 Å². The van der Waals surface area contributed by atoms with Crippen molar-refractivity contribution in [2.24, 2.45) is 11.8 Å². The van der Waals surface area contributed by atoms with E-state index in [1.54, 1.807) is 12.4 Å². The van der Waals surface area contributed by atoms with Crippen molar-refractivity contribution in [1.82, 2.24) is 14.5 Å². The van der Waals surface area contributed by atoms with E-state index < -0.39 is 5.82 Å². The Morgan fingerprint density at radius 3 is 2.83 bits per heavy atom. The quantitative estimate of drug-likeness (QED) is 0.305. The highest BCUT2D eigenvalue weighted by molar-refractivity contribution is 9.10. The van der Waals surface area contributed by atoms with Crippen LogP contribution < -0.4 is 10.9 Å². The second-order valence-electron chi connectivity index (χ2n) is 9.36. The molecule has 6 nitrogen and oxygen atoms in total. The van der Waals surface area contributed by atoms with E-state index in [1.165, 1.54) is 41.8 Å². The van der Waals surface area contributed by atoms with Crippen LogP contribution in [0.1, 0.15) is 49.8 Å². The molecular weight excluding hydrogens is 541 g/mol. The lowest BCUT2D eigenvalue weighted by atomic mass is 9.78. The van der Waals surface area contributed by atoms with Gasteiger partial charge in [-0.3, -0.25) is 14.3 Å². The van der Waals surface area contributed by atoms with Gasteiger partial charge in [-0.1, -0.05) is 11.8 Å². The SMILES string of the molecule is CSc1nc2c(F)c(Br)c(CCC#N)cc2c(N[C@@H]2[C@@H]3CC[C@H]2C3)c1C#C[C@@H](C)n1ccncc1=O. The molecule has 3 fully saturated rings. The molecule has 0 radical (unpaired) electrons. The van der Waals surface area contributed by atoms with E-state index in [-0.39, 0.29) is 17.1 Å². The molecule has 3 aromatic rings. The van der Waals surface area contributed by atoms with Gasteiger partial charge < -0.3 is 5.32 Å². The molecule has 0 amide bonds. The molecule has 2 aromatic heterocycles. The molecule has 184 valence electrons. The highest BCUT2D eigenvalue weighted by Gasteiger charge is 2.47. The summed E-state index contributed by atoms with van der Waals surface area (Å²) in [7, 11) is 0. The number of nitrogens with zero attached hydrogens (tertiary/aromatic N) is 4.